The van der Waals surface area contributed by atoms with Crippen LogP contribution in [0.2, 0.25) is 0 Å². The van der Waals surface area contributed by atoms with E-state index in [2.05, 4.69) is 19.9 Å². The first-order valence-electron chi connectivity index (χ1n) is 7.11. The number of halogens is 2. The monoisotopic (exact) mass is 291 g/mol. The molecule has 5 nitrogen and oxygen atoms in total. The molecule has 7 heteroatoms. The second kappa shape index (κ2) is 4.22. The van der Waals surface area contributed by atoms with Gasteiger partial charge in [-0.1, -0.05) is 0 Å². The highest BCUT2D eigenvalue weighted by Crippen LogP contribution is 2.44. The van der Waals surface area contributed by atoms with Gasteiger partial charge in [-0.3, -0.25) is 0 Å². The number of hydrogen-bond donors (Lipinski definition) is 1. The van der Waals surface area contributed by atoms with Crippen molar-refractivity contribution in [1.29, 1.82) is 0 Å². The van der Waals surface area contributed by atoms with Crippen molar-refractivity contribution in [2.75, 3.05) is 11.4 Å². The van der Waals surface area contributed by atoms with Crippen molar-refractivity contribution in [2.45, 2.75) is 38.2 Å². The van der Waals surface area contributed by atoms with E-state index in [1.165, 1.54) is 6.33 Å². The van der Waals surface area contributed by atoms with Crippen LogP contribution in [0.5, 0.6) is 0 Å². The number of nitrogens with one attached hydrogen (secondary N) is 1. The minimum atomic E-state index is -2.87. The van der Waals surface area contributed by atoms with Gasteiger partial charge >= 0.3 is 0 Å². The predicted octanol–water partition coefficient (Wildman–Crippen LogP) is 2.50. The lowest BCUT2D eigenvalue weighted by Crippen LogP contribution is -2.47. The number of alkyl halides is 2. The fourth-order valence-electron chi connectivity index (χ4n) is 2.96. The van der Waals surface area contributed by atoms with Gasteiger partial charge in [-0.2, -0.15) is 8.78 Å². The van der Waals surface area contributed by atoms with E-state index in [0.717, 1.165) is 13.0 Å². The van der Waals surface area contributed by atoms with E-state index in [1.54, 1.807) is 6.20 Å². The van der Waals surface area contributed by atoms with Gasteiger partial charge in [-0.15, -0.1) is 0 Å². The standard InChI is InChI=1S/C14H15F2N5/c1-8-3-5-21(8)13-19-11(10-6-17-7-18-10)9-2-4-14(15,16)12(9)20-13/h6-8H,2-5H2,1H3,(H,17,18). The third-order valence-electron chi connectivity index (χ3n) is 4.35. The van der Waals surface area contributed by atoms with Crippen LogP contribution in [0.15, 0.2) is 12.5 Å². The number of H-pyrrole nitrogens is 1. The summed E-state index contributed by atoms with van der Waals surface area (Å²) < 4.78 is 28.2. The van der Waals surface area contributed by atoms with E-state index < -0.39 is 5.92 Å². The van der Waals surface area contributed by atoms with Crippen molar-refractivity contribution in [1.82, 2.24) is 19.9 Å². The summed E-state index contributed by atoms with van der Waals surface area (Å²) in [6.07, 6.45) is 4.34. The van der Waals surface area contributed by atoms with Gasteiger partial charge in [0.2, 0.25) is 5.95 Å². The van der Waals surface area contributed by atoms with E-state index in [1.807, 2.05) is 11.8 Å². The smallest absolute Gasteiger partial charge is 0.290 e. The van der Waals surface area contributed by atoms with Crippen molar-refractivity contribution in [3.8, 4) is 11.4 Å². The predicted molar refractivity (Wildman–Crippen MR) is 73.3 cm³/mol. The van der Waals surface area contributed by atoms with Crippen LogP contribution in [0.3, 0.4) is 0 Å². The number of aromatic amines is 1. The van der Waals surface area contributed by atoms with Gasteiger partial charge in [0.15, 0.2) is 0 Å². The fraction of sp³-hybridized carbons (Fsp3) is 0.500. The molecule has 1 saturated heterocycles. The van der Waals surface area contributed by atoms with Crippen molar-refractivity contribution in [3.63, 3.8) is 0 Å². The summed E-state index contributed by atoms with van der Waals surface area (Å²) in [6, 6.07) is 0.296. The molecule has 1 aliphatic heterocycles. The van der Waals surface area contributed by atoms with Crippen LogP contribution in [-0.2, 0) is 12.3 Å². The van der Waals surface area contributed by atoms with Crippen molar-refractivity contribution >= 4 is 5.95 Å². The quantitative estimate of drug-likeness (QED) is 0.923. The third kappa shape index (κ3) is 1.83. The van der Waals surface area contributed by atoms with Gasteiger partial charge in [0.25, 0.3) is 5.92 Å². The first-order valence-corrected chi connectivity index (χ1v) is 7.11. The van der Waals surface area contributed by atoms with Crippen LogP contribution in [0.1, 0.15) is 31.0 Å². The number of aromatic nitrogens is 4. The summed E-state index contributed by atoms with van der Waals surface area (Å²) >= 11 is 0. The maximum absolute atomic E-state index is 14.1. The number of rotatable bonds is 2. The van der Waals surface area contributed by atoms with Gasteiger partial charge in [0.05, 0.1) is 12.0 Å². The Morgan fingerprint density at radius 2 is 2.24 bits per heavy atom. The largest absolute Gasteiger partial charge is 0.351 e. The number of anilines is 1. The van der Waals surface area contributed by atoms with Gasteiger partial charge in [0.1, 0.15) is 11.4 Å². The average Bonchev–Trinajstić information content (AvgIpc) is 3.06. The van der Waals surface area contributed by atoms with Gasteiger partial charge < -0.3 is 9.88 Å². The molecule has 0 amide bonds. The highest BCUT2D eigenvalue weighted by atomic mass is 19.3. The lowest BCUT2D eigenvalue weighted by molar-refractivity contribution is -0.00595. The van der Waals surface area contributed by atoms with Crippen molar-refractivity contribution in [3.05, 3.63) is 23.8 Å². The highest BCUT2D eigenvalue weighted by molar-refractivity contribution is 5.63. The van der Waals surface area contributed by atoms with Gasteiger partial charge in [0, 0.05) is 30.8 Å². The Bertz CT molecular complexity index is 683. The lowest BCUT2D eigenvalue weighted by Gasteiger charge is -2.39. The minimum absolute atomic E-state index is 0.121. The minimum Gasteiger partial charge on any atom is -0.351 e. The molecule has 0 saturated carbocycles. The Balaban J connectivity index is 1.90. The molecule has 0 spiro atoms. The highest BCUT2D eigenvalue weighted by Gasteiger charge is 2.44. The van der Waals surface area contributed by atoms with Crippen LogP contribution in [0.4, 0.5) is 14.7 Å². The molecule has 2 aliphatic rings. The summed E-state index contributed by atoms with van der Waals surface area (Å²) in [5, 5.41) is 0. The number of imidazole rings is 1. The first kappa shape index (κ1) is 12.7. The molecule has 1 aliphatic carbocycles. The number of nitrogens with zero attached hydrogens (tertiary/aromatic N) is 4. The Labute approximate surface area is 120 Å². The molecule has 21 heavy (non-hydrogen) atoms. The summed E-state index contributed by atoms with van der Waals surface area (Å²) in [5.74, 6) is -2.47. The summed E-state index contributed by atoms with van der Waals surface area (Å²) in [7, 11) is 0. The third-order valence-corrected chi connectivity index (χ3v) is 4.35. The molecule has 110 valence electrons. The lowest BCUT2D eigenvalue weighted by atomic mass is 10.1. The average molecular weight is 291 g/mol. The summed E-state index contributed by atoms with van der Waals surface area (Å²) in [4.78, 5) is 17.7. The van der Waals surface area contributed by atoms with Crippen LogP contribution in [-0.4, -0.2) is 32.5 Å². The zero-order chi connectivity index (χ0) is 14.6. The molecule has 0 aromatic carbocycles. The molecule has 1 atom stereocenters. The maximum Gasteiger partial charge on any atom is 0.290 e. The van der Waals surface area contributed by atoms with E-state index >= 15 is 0 Å². The van der Waals surface area contributed by atoms with Crippen LogP contribution in [0.25, 0.3) is 11.4 Å². The summed E-state index contributed by atoms with van der Waals surface area (Å²) in [6.45, 7) is 2.86. The molecule has 1 unspecified atom stereocenters. The van der Waals surface area contributed by atoms with E-state index in [-0.39, 0.29) is 12.1 Å². The fourth-order valence-corrected chi connectivity index (χ4v) is 2.96. The molecule has 1 N–H and O–H groups in total. The van der Waals surface area contributed by atoms with Crippen molar-refractivity contribution < 1.29 is 8.78 Å². The molecular formula is C14H15F2N5. The van der Waals surface area contributed by atoms with Gasteiger partial charge in [-0.25, -0.2) is 15.0 Å². The zero-order valence-electron chi connectivity index (χ0n) is 11.6. The molecule has 0 radical (unpaired) electrons. The Hall–Kier alpha value is -2.05. The van der Waals surface area contributed by atoms with E-state index in [4.69, 9.17) is 0 Å². The molecule has 4 rings (SSSR count). The SMILES string of the molecule is CC1CCN1c1nc(-c2c[nH]cn2)c2c(n1)C(F)(F)CC2. The van der Waals surface area contributed by atoms with Gasteiger partial charge in [-0.05, 0) is 19.8 Å². The normalized spacial score (nSPS) is 23.0. The number of fused-ring (bicyclic) bond motifs is 1. The van der Waals surface area contributed by atoms with E-state index in [9.17, 15) is 8.78 Å². The van der Waals surface area contributed by atoms with Crippen LogP contribution < -0.4 is 4.90 Å². The topological polar surface area (TPSA) is 57.7 Å². The Morgan fingerprint density at radius 1 is 1.38 bits per heavy atom. The Morgan fingerprint density at radius 3 is 2.86 bits per heavy atom. The zero-order valence-corrected chi connectivity index (χ0v) is 11.6. The van der Waals surface area contributed by atoms with E-state index in [0.29, 0.717) is 35.4 Å². The summed E-state index contributed by atoms with van der Waals surface area (Å²) in [5.41, 5.74) is 1.54. The second-order valence-corrected chi connectivity index (χ2v) is 5.69. The molecule has 2 aromatic rings. The maximum atomic E-state index is 14.1. The molecular weight excluding hydrogens is 276 g/mol. The molecule has 0 bridgehead atoms. The number of hydrogen-bond acceptors (Lipinski definition) is 4. The molecule has 2 aromatic heterocycles. The molecule has 3 heterocycles. The first-order chi connectivity index (χ1) is 10.1. The second-order valence-electron chi connectivity index (χ2n) is 5.69. The van der Waals surface area contributed by atoms with Crippen molar-refractivity contribution in [2.24, 2.45) is 0 Å². The van der Waals surface area contributed by atoms with Crippen LogP contribution >= 0.6 is 0 Å². The van der Waals surface area contributed by atoms with Crippen LogP contribution in [0, 0.1) is 0 Å². The molecule has 1 fully saturated rings. The Kier molecular flexibility index (Phi) is 2.55.